The fourth-order valence-corrected chi connectivity index (χ4v) is 2.92. The summed E-state index contributed by atoms with van der Waals surface area (Å²) in [4.78, 5) is 24.7. The predicted octanol–water partition coefficient (Wildman–Crippen LogP) is 4.07. The third kappa shape index (κ3) is 5.75. The summed E-state index contributed by atoms with van der Waals surface area (Å²) in [6, 6.07) is 12.0. The predicted molar refractivity (Wildman–Crippen MR) is 102 cm³/mol. The molecule has 2 rings (SSSR count). The molecule has 0 aliphatic rings. The van der Waals surface area contributed by atoms with Gasteiger partial charge in [0.2, 0.25) is 0 Å². The third-order valence-electron chi connectivity index (χ3n) is 3.66. The van der Waals surface area contributed by atoms with Crippen LogP contribution in [-0.2, 0) is 16.1 Å². The topological polar surface area (TPSA) is 55.4 Å². The zero-order valence-corrected chi connectivity index (χ0v) is 15.8. The third-order valence-corrected chi connectivity index (χ3v) is 4.65. The Labute approximate surface area is 161 Å². The molecule has 0 heterocycles. The number of amides is 1. The smallest absolute Gasteiger partial charge is 0.329 e. The summed E-state index contributed by atoms with van der Waals surface area (Å²) >= 11 is 7.49. The van der Waals surface area contributed by atoms with Gasteiger partial charge in [0.05, 0.1) is 5.02 Å². The van der Waals surface area contributed by atoms with E-state index in [1.165, 1.54) is 18.2 Å². The van der Waals surface area contributed by atoms with Gasteiger partial charge in [0.15, 0.2) is 0 Å². The first-order valence-corrected chi connectivity index (χ1v) is 9.74. The maximum Gasteiger partial charge on any atom is 0.329 e. The fraction of sp³-hybridized carbons (Fsp3) is 0.263. The summed E-state index contributed by atoms with van der Waals surface area (Å²) in [6.07, 6.45) is 2.31. The van der Waals surface area contributed by atoms with Crippen molar-refractivity contribution in [2.45, 2.75) is 19.1 Å². The largest absolute Gasteiger partial charge is 0.459 e. The minimum atomic E-state index is -0.819. The second kappa shape index (κ2) is 10.2. The molecule has 0 aromatic heterocycles. The Balaban J connectivity index is 2.03. The van der Waals surface area contributed by atoms with Gasteiger partial charge in [-0.3, -0.25) is 4.79 Å². The van der Waals surface area contributed by atoms with Crippen LogP contribution in [0, 0.1) is 5.82 Å². The molecule has 0 saturated heterocycles. The summed E-state index contributed by atoms with van der Waals surface area (Å²) in [7, 11) is 0. The number of halogens is 2. The first kappa shape index (κ1) is 20.3. The number of rotatable bonds is 8. The van der Waals surface area contributed by atoms with E-state index in [-0.39, 0.29) is 23.1 Å². The highest BCUT2D eigenvalue weighted by atomic mass is 35.5. The fourth-order valence-electron chi connectivity index (χ4n) is 2.23. The van der Waals surface area contributed by atoms with Gasteiger partial charge in [0.1, 0.15) is 18.5 Å². The molecule has 0 aliphatic heterocycles. The Bertz CT molecular complexity index is 737. The molecule has 0 spiro atoms. The highest BCUT2D eigenvalue weighted by molar-refractivity contribution is 7.98. The summed E-state index contributed by atoms with van der Waals surface area (Å²) < 4.78 is 19.0. The van der Waals surface area contributed by atoms with Gasteiger partial charge in [-0.05, 0) is 42.7 Å². The van der Waals surface area contributed by atoms with E-state index < -0.39 is 17.8 Å². The van der Waals surface area contributed by atoms with Crippen LogP contribution in [0.1, 0.15) is 22.3 Å². The van der Waals surface area contributed by atoms with Crippen LogP contribution in [0.5, 0.6) is 0 Å². The van der Waals surface area contributed by atoms with Crippen molar-refractivity contribution in [3.05, 3.63) is 70.5 Å². The van der Waals surface area contributed by atoms with E-state index >= 15 is 0 Å². The van der Waals surface area contributed by atoms with E-state index in [4.69, 9.17) is 16.3 Å². The van der Waals surface area contributed by atoms with Gasteiger partial charge in [-0.15, -0.1) is 0 Å². The number of hydrogen-bond acceptors (Lipinski definition) is 4. The molecular weight excluding hydrogens is 377 g/mol. The van der Waals surface area contributed by atoms with Crippen LogP contribution >= 0.6 is 23.4 Å². The second-order valence-electron chi connectivity index (χ2n) is 5.48. The maximum atomic E-state index is 13.8. The van der Waals surface area contributed by atoms with Gasteiger partial charge in [0.25, 0.3) is 5.91 Å². The van der Waals surface area contributed by atoms with Crippen molar-refractivity contribution >= 4 is 35.2 Å². The quantitative estimate of drug-likeness (QED) is 0.684. The molecule has 1 amide bonds. The SMILES string of the molecule is CSCC[C@@H](NC(=O)c1ccccc1)C(=O)OCc1c(F)cccc1Cl. The van der Waals surface area contributed by atoms with Crippen LogP contribution in [0.3, 0.4) is 0 Å². The van der Waals surface area contributed by atoms with Crippen molar-refractivity contribution in [2.75, 3.05) is 12.0 Å². The summed E-state index contributed by atoms with van der Waals surface area (Å²) in [5, 5.41) is 2.87. The average Bonchev–Trinajstić information content (AvgIpc) is 2.65. The highest BCUT2D eigenvalue weighted by Gasteiger charge is 2.23. The standard InChI is InChI=1S/C19H19ClFNO3S/c1-26-11-10-17(22-18(23)13-6-3-2-4-7-13)19(24)25-12-14-15(20)8-5-9-16(14)21/h2-9,17H,10-12H2,1H3,(H,22,23)/t17-/m1/s1. The number of ether oxygens (including phenoxy) is 1. The van der Waals surface area contributed by atoms with Gasteiger partial charge in [0, 0.05) is 11.1 Å². The lowest BCUT2D eigenvalue weighted by Gasteiger charge is -2.18. The van der Waals surface area contributed by atoms with E-state index in [1.807, 2.05) is 6.26 Å². The van der Waals surface area contributed by atoms with Crippen molar-refractivity contribution < 1.29 is 18.7 Å². The Morgan fingerprint density at radius 3 is 2.58 bits per heavy atom. The molecule has 1 atom stereocenters. The van der Waals surface area contributed by atoms with E-state index in [0.717, 1.165) is 0 Å². The maximum absolute atomic E-state index is 13.8. The molecule has 0 unspecified atom stereocenters. The number of benzene rings is 2. The number of carbonyl (C=O) groups excluding carboxylic acids is 2. The Morgan fingerprint density at radius 1 is 1.19 bits per heavy atom. The summed E-state index contributed by atoms with van der Waals surface area (Å²) in [5.41, 5.74) is 0.562. The van der Waals surface area contributed by atoms with Crippen molar-refractivity contribution in [3.63, 3.8) is 0 Å². The van der Waals surface area contributed by atoms with Gasteiger partial charge < -0.3 is 10.1 Å². The molecular formula is C19H19ClFNO3S. The van der Waals surface area contributed by atoms with Crippen molar-refractivity contribution in [1.29, 1.82) is 0 Å². The molecule has 0 aliphatic carbocycles. The van der Waals surface area contributed by atoms with E-state index in [2.05, 4.69) is 5.32 Å². The van der Waals surface area contributed by atoms with Gasteiger partial charge in [-0.2, -0.15) is 11.8 Å². The van der Waals surface area contributed by atoms with Crippen LogP contribution < -0.4 is 5.32 Å². The molecule has 1 N–H and O–H groups in total. The lowest BCUT2D eigenvalue weighted by atomic mass is 10.1. The molecule has 138 valence electrons. The minimum absolute atomic E-state index is 0.112. The molecule has 4 nitrogen and oxygen atoms in total. The number of carbonyl (C=O) groups is 2. The second-order valence-corrected chi connectivity index (χ2v) is 6.87. The highest BCUT2D eigenvalue weighted by Crippen LogP contribution is 2.20. The number of hydrogen-bond donors (Lipinski definition) is 1. The van der Waals surface area contributed by atoms with Crippen molar-refractivity contribution in [2.24, 2.45) is 0 Å². The lowest BCUT2D eigenvalue weighted by Crippen LogP contribution is -2.42. The van der Waals surface area contributed by atoms with E-state index in [0.29, 0.717) is 17.7 Å². The normalized spacial score (nSPS) is 11.7. The molecule has 7 heteroatoms. The van der Waals surface area contributed by atoms with Crippen LogP contribution in [0.15, 0.2) is 48.5 Å². The van der Waals surface area contributed by atoms with E-state index in [9.17, 15) is 14.0 Å². The first-order chi connectivity index (χ1) is 12.5. The van der Waals surface area contributed by atoms with Crippen molar-refractivity contribution in [1.82, 2.24) is 5.32 Å². The van der Waals surface area contributed by atoms with Crippen LogP contribution in [-0.4, -0.2) is 29.9 Å². The van der Waals surface area contributed by atoms with Gasteiger partial charge >= 0.3 is 5.97 Å². The summed E-state index contributed by atoms with van der Waals surface area (Å²) in [6.45, 7) is -0.290. The minimum Gasteiger partial charge on any atom is -0.459 e. The summed E-state index contributed by atoms with van der Waals surface area (Å²) in [5.74, 6) is -0.866. The van der Waals surface area contributed by atoms with E-state index in [1.54, 1.807) is 42.1 Å². The Hall–Kier alpha value is -2.05. The zero-order chi connectivity index (χ0) is 18.9. The van der Waals surface area contributed by atoms with Gasteiger partial charge in [-0.25, -0.2) is 9.18 Å². The van der Waals surface area contributed by atoms with Crippen molar-refractivity contribution in [3.8, 4) is 0 Å². The van der Waals surface area contributed by atoms with Crippen LogP contribution in [0.25, 0.3) is 0 Å². The molecule has 2 aromatic rings. The number of thioether (sulfide) groups is 1. The molecule has 0 radical (unpaired) electrons. The Kier molecular flexibility index (Phi) is 7.94. The molecule has 26 heavy (non-hydrogen) atoms. The Morgan fingerprint density at radius 2 is 1.92 bits per heavy atom. The molecule has 0 bridgehead atoms. The van der Waals surface area contributed by atoms with Crippen LogP contribution in [0.2, 0.25) is 5.02 Å². The lowest BCUT2D eigenvalue weighted by molar-refractivity contribution is -0.147. The molecule has 0 fully saturated rings. The monoisotopic (exact) mass is 395 g/mol. The van der Waals surface area contributed by atoms with Crippen LogP contribution in [0.4, 0.5) is 4.39 Å². The van der Waals surface area contributed by atoms with Gasteiger partial charge in [-0.1, -0.05) is 35.9 Å². The zero-order valence-electron chi connectivity index (χ0n) is 14.2. The average molecular weight is 396 g/mol. The number of esters is 1. The first-order valence-electron chi connectivity index (χ1n) is 7.97. The molecule has 0 saturated carbocycles. The molecule has 2 aromatic carbocycles. The number of nitrogens with one attached hydrogen (secondary N) is 1.